The molecule has 0 heterocycles. The zero-order chi connectivity index (χ0) is 35.8. The number of aromatic hydroxyl groups is 1. The monoisotopic (exact) mass is 667 g/mol. The van der Waals surface area contributed by atoms with Crippen molar-refractivity contribution in [2.24, 2.45) is 23.1 Å². The Hall–Kier alpha value is -5.31. The molecule has 0 saturated heterocycles. The molecule has 0 fully saturated rings. The number of phenols is 1. The zero-order valence-corrected chi connectivity index (χ0v) is 27.0. The molecule has 2 aromatic carbocycles. The van der Waals surface area contributed by atoms with Gasteiger partial charge >= 0.3 is 0 Å². The molecule has 0 spiro atoms. The van der Waals surface area contributed by atoms with E-state index in [0.29, 0.717) is 17.4 Å². The van der Waals surface area contributed by atoms with Crippen LogP contribution in [0.1, 0.15) is 50.7 Å². The van der Waals surface area contributed by atoms with Crippen LogP contribution in [0, 0.1) is 5.92 Å². The van der Waals surface area contributed by atoms with Crippen LogP contribution >= 0.6 is 0 Å². The lowest BCUT2D eigenvalue weighted by Crippen LogP contribution is -2.59. The van der Waals surface area contributed by atoms with Crippen LogP contribution in [0.25, 0.3) is 0 Å². The smallest absolute Gasteiger partial charge is 0.243 e. The van der Waals surface area contributed by atoms with Crippen molar-refractivity contribution in [1.29, 1.82) is 0 Å². The summed E-state index contributed by atoms with van der Waals surface area (Å²) in [5, 5.41) is 20.1. The summed E-state index contributed by atoms with van der Waals surface area (Å²) in [5.74, 6) is -4.53. The highest BCUT2D eigenvalue weighted by molar-refractivity contribution is 5.96. The highest BCUT2D eigenvalue weighted by Gasteiger charge is 2.32. The number of carbonyl (C=O) groups excluding carboxylic acids is 7. The van der Waals surface area contributed by atoms with Crippen LogP contribution in [0.5, 0.6) is 5.75 Å². The quantitative estimate of drug-likeness (QED) is 0.0790. The maximum Gasteiger partial charge on any atom is 0.243 e. The molecule has 0 bridgehead atoms. The highest BCUT2D eigenvalue weighted by Crippen LogP contribution is 2.13. The van der Waals surface area contributed by atoms with Gasteiger partial charge in [-0.25, -0.2) is 0 Å². The molecule has 11 N–H and O–H groups in total. The Morgan fingerprint density at radius 3 is 1.71 bits per heavy atom. The first-order valence-corrected chi connectivity index (χ1v) is 15.5. The second-order valence-electron chi connectivity index (χ2n) is 11.9. The summed E-state index contributed by atoms with van der Waals surface area (Å²) in [6, 6.07) is 8.71. The van der Waals surface area contributed by atoms with E-state index in [0.717, 1.165) is 0 Å². The lowest BCUT2D eigenvalue weighted by atomic mass is 9.99. The van der Waals surface area contributed by atoms with E-state index in [9.17, 15) is 38.7 Å². The Balaban J connectivity index is 2.38. The topological polar surface area (TPSA) is 266 Å². The molecule has 15 heteroatoms. The molecular formula is C33H45N7O8. The molecule has 0 aliphatic carbocycles. The van der Waals surface area contributed by atoms with Crippen LogP contribution in [0.4, 0.5) is 0 Å². The van der Waals surface area contributed by atoms with Crippen molar-refractivity contribution >= 4 is 41.7 Å². The van der Waals surface area contributed by atoms with Gasteiger partial charge in [0.2, 0.25) is 35.4 Å². The van der Waals surface area contributed by atoms with Crippen LogP contribution in [0.3, 0.4) is 0 Å². The molecule has 2 rings (SSSR count). The van der Waals surface area contributed by atoms with Gasteiger partial charge in [0.25, 0.3) is 0 Å². The van der Waals surface area contributed by atoms with Gasteiger partial charge in [-0.1, -0.05) is 56.3 Å². The van der Waals surface area contributed by atoms with Gasteiger partial charge in [-0.2, -0.15) is 0 Å². The molecule has 15 nitrogen and oxygen atoms in total. The van der Waals surface area contributed by atoms with E-state index >= 15 is 0 Å². The van der Waals surface area contributed by atoms with E-state index in [4.69, 9.17) is 17.2 Å². The minimum atomic E-state index is -1.29. The molecule has 2 aromatic rings. The van der Waals surface area contributed by atoms with Crippen LogP contribution in [-0.4, -0.2) is 77.0 Å². The fraction of sp³-hybridized carbons (Fsp3) is 0.424. The van der Waals surface area contributed by atoms with Crippen molar-refractivity contribution in [2.45, 2.75) is 82.6 Å². The normalized spacial score (nSPS) is 14.0. The summed E-state index contributed by atoms with van der Waals surface area (Å²) in [7, 11) is 0. The average Bonchev–Trinajstić information content (AvgIpc) is 3.02. The Kier molecular flexibility index (Phi) is 15.7. The fourth-order valence-electron chi connectivity index (χ4n) is 4.73. The number of primary amides is 2. The van der Waals surface area contributed by atoms with Crippen molar-refractivity contribution in [1.82, 2.24) is 21.3 Å². The predicted molar refractivity (Wildman–Crippen MR) is 175 cm³/mol. The van der Waals surface area contributed by atoms with Crippen LogP contribution < -0.4 is 38.5 Å². The Labute approximate surface area is 278 Å². The van der Waals surface area contributed by atoms with Gasteiger partial charge in [0, 0.05) is 19.3 Å². The molecule has 260 valence electrons. The van der Waals surface area contributed by atoms with E-state index < -0.39 is 72.1 Å². The van der Waals surface area contributed by atoms with Crippen molar-refractivity contribution in [3.8, 4) is 5.75 Å². The molecular weight excluding hydrogens is 622 g/mol. The van der Waals surface area contributed by atoms with Crippen molar-refractivity contribution < 1.29 is 38.7 Å². The van der Waals surface area contributed by atoms with Crippen LogP contribution in [-0.2, 0) is 46.4 Å². The molecule has 0 unspecified atom stereocenters. The molecule has 0 aromatic heterocycles. The lowest BCUT2D eigenvalue weighted by Gasteiger charge is -2.27. The van der Waals surface area contributed by atoms with Gasteiger partial charge in [-0.15, -0.1) is 0 Å². The summed E-state index contributed by atoms with van der Waals surface area (Å²) in [6.45, 7) is 3.64. The standard InChI is InChI=1S/C33H45N7O8/c1-19(2)14-25(38-30(45)24(34)17-29(36)44)32(47)40-27(16-21-8-11-23(42)12-9-21)33(48)39-26(15-20-6-4-3-5-7-20)31(46)37-22(18-41)10-13-28(35)43/h3-9,11-12,18-19,22,24-27,42H,10,13-17,34H2,1-2H3,(H2,35,43)(H2,36,44)(H,37,46)(H,38,45)(H,39,48)(H,40,47)/t22-,24-,25-,26-,27-/m0/s1. The fourth-order valence-corrected chi connectivity index (χ4v) is 4.73. The molecule has 0 saturated carbocycles. The van der Waals surface area contributed by atoms with Gasteiger partial charge in [0.05, 0.1) is 18.5 Å². The Morgan fingerprint density at radius 1 is 0.708 bits per heavy atom. The number of hydrogen-bond acceptors (Lipinski definition) is 9. The molecule has 0 aliphatic heterocycles. The second kappa shape index (κ2) is 19.4. The largest absolute Gasteiger partial charge is 0.508 e. The molecule has 6 amide bonds. The van der Waals surface area contributed by atoms with Gasteiger partial charge in [-0.3, -0.25) is 28.8 Å². The third kappa shape index (κ3) is 14.0. The number of benzene rings is 2. The average molecular weight is 668 g/mol. The van der Waals surface area contributed by atoms with E-state index in [1.54, 1.807) is 42.5 Å². The first-order chi connectivity index (χ1) is 22.7. The number of aldehydes is 1. The number of carbonyl (C=O) groups is 7. The number of hydrogen-bond donors (Lipinski definition) is 8. The highest BCUT2D eigenvalue weighted by atomic mass is 16.3. The summed E-state index contributed by atoms with van der Waals surface area (Å²) >= 11 is 0. The Morgan fingerprint density at radius 2 is 1.21 bits per heavy atom. The van der Waals surface area contributed by atoms with Crippen molar-refractivity contribution in [3.63, 3.8) is 0 Å². The maximum absolute atomic E-state index is 13.9. The third-order valence-electron chi connectivity index (χ3n) is 7.22. The first-order valence-electron chi connectivity index (χ1n) is 15.5. The van der Waals surface area contributed by atoms with E-state index in [1.165, 1.54) is 12.1 Å². The maximum atomic E-state index is 13.9. The summed E-state index contributed by atoms with van der Waals surface area (Å²) in [4.78, 5) is 87.7. The zero-order valence-electron chi connectivity index (χ0n) is 27.0. The molecule has 0 radical (unpaired) electrons. The van der Waals surface area contributed by atoms with Crippen molar-refractivity contribution in [2.75, 3.05) is 0 Å². The summed E-state index contributed by atoms with van der Waals surface area (Å²) in [6.07, 6.45) is -0.0591. The third-order valence-corrected chi connectivity index (χ3v) is 7.22. The van der Waals surface area contributed by atoms with Crippen LogP contribution in [0.15, 0.2) is 54.6 Å². The van der Waals surface area contributed by atoms with Crippen molar-refractivity contribution in [3.05, 3.63) is 65.7 Å². The Bertz CT molecular complexity index is 1420. The lowest BCUT2D eigenvalue weighted by molar-refractivity contribution is -0.134. The second-order valence-corrected chi connectivity index (χ2v) is 11.9. The summed E-state index contributed by atoms with van der Waals surface area (Å²) < 4.78 is 0. The molecule has 48 heavy (non-hydrogen) atoms. The van der Waals surface area contributed by atoms with Gasteiger partial charge in [-0.05, 0) is 42.0 Å². The van der Waals surface area contributed by atoms with E-state index in [1.807, 2.05) is 13.8 Å². The summed E-state index contributed by atoms with van der Waals surface area (Å²) in [5.41, 5.74) is 17.4. The minimum Gasteiger partial charge on any atom is -0.508 e. The van der Waals surface area contributed by atoms with Gasteiger partial charge in [0.15, 0.2) is 0 Å². The minimum absolute atomic E-state index is 0.0172. The number of amides is 6. The van der Waals surface area contributed by atoms with Gasteiger partial charge in [0.1, 0.15) is 30.2 Å². The molecule has 5 atom stereocenters. The number of rotatable bonds is 20. The first kappa shape index (κ1) is 38.9. The van der Waals surface area contributed by atoms with E-state index in [-0.39, 0.29) is 43.8 Å². The van der Waals surface area contributed by atoms with Crippen LogP contribution in [0.2, 0.25) is 0 Å². The number of phenolic OH excluding ortho intramolecular Hbond substituents is 1. The molecule has 0 aliphatic rings. The predicted octanol–water partition coefficient (Wildman–Crippen LogP) is -1.17. The SMILES string of the molecule is CC(C)C[C@H](NC(=O)[C@@H](N)CC(N)=O)C(=O)N[C@@H](Cc1ccc(O)cc1)C(=O)N[C@@H](Cc1ccccc1)C(=O)N[C@H](C=O)CCC(N)=O. The number of nitrogens with one attached hydrogen (secondary N) is 4. The van der Waals surface area contributed by atoms with E-state index in [2.05, 4.69) is 21.3 Å². The van der Waals surface area contributed by atoms with Gasteiger partial charge < -0.3 is 48.4 Å². The number of nitrogens with two attached hydrogens (primary N) is 3.